The molecule has 4 rings (SSSR count). The number of benzene rings is 1. The Morgan fingerprint density at radius 3 is 2.83 bits per heavy atom. The molecule has 4 N–H and O–H groups in total. The summed E-state index contributed by atoms with van der Waals surface area (Å²) in [4.78, 5) is 16.1. The van der Waals surface area contributed by atoms with Crippen molar-refractivity contribution in [3.63, 3.8) is 0 Å². The molecule has 2 aliphatic rings. The maximum Gasteiger partial charge on any atom is 0.229 e. The molecule has 8 heteroatoms. The molecular formula is C22H29N7O. The molecule has 8 nitrogen and oxygen atoms in total. The van der Waals surface area contributed by atoms with E-state index in [9.17, 15) is 0 Å². The molecule has 30 heavy (non-hydrogen) atoms. The van der Waals surface area contributed by atoms with Crippen LogP contribution in [0.15, 0.2) is 40.5 Å². The van der Waals surface area contributed by atoms with Crippen LogP contribution in [-0.2, 0) is 0 Å². The van der Waals surface area contributed by atoms with Crippen molar-refractivity contribution < 1.29 is 4.74 Å². The zero-order valence-corrected chi connectivity index (χ0v) is 17.8. The van der Waals surface area contributed by atoms with E-state index in [1.165, 1.54) is 12.8 Å². The second-order valence-electron chi connectivity index (χ2n) is 7.74. The number of nitrogens with two attached hydrogens (primary N) is 1. The Morgan fingerprint density at radius 2 is 2.10 bits per heavy atom. The summed E-state index contributed by atoms with van der Waals surface area (Å²) in [5, 5.41) is 6.30. The highest BCUT2D eigenvalue weighted by Gasteiger charge is 2.31. The van der Waals surface area contributed by atoms with E-state index in [0.29, 0.717) is 11.7 Å². The van der Waals surface area contributed by atoms with Crippen molar-refractivity contribution in [2.75, 3.05) is 37.9 Å². The molecule has 0 spiro atoms. The minimum Gasteiger partial charge on any atom is -0.494 e. The third kappa shape index (κ3) is 4.71. The Morgan fingerprint density at radius 1 is 1.27 bits per heavy atom. The first-order valence-electron chi connectivity index (χ1n) is 10.3. The Labute approximate surface area is 177 Å². The fourth-order valence-electron chi connectivity index (χ4n) is 3.60. The van der Waals surface area contributed by atoms with E-state index < -0.39 is 0 Å². The van der Waals surface area contributed by atoms with Gasteiger partial charge in [0.15, 0.2) is 0 Å². The van der Waals surface area contributed by atoms with Crippen molar-refractivity contribution in [3.8, 4) is 5.75 Å². The molecule has 0 atom stereocenters. The van der Waals surface area contributed by atoms with Gasteiger partial charge in [0.2, 0.25) is 5.95 Å². The molecule has 1 aliphatic heterocycles. The van der Waals surface area contributed by atoms with Gasteiger partial charge in [-0.05, 0) is 38.0 Å². The van der Waals surface area contributed by atoms with Crippen LogP contribution in [-0.4, -0.2) is 54.4 Å². The normalized spacial score (nSPS) is 17.4. The molecule has 1 fully saturated rings. The van der Waals surface area contributed by atoms with Gasteiger partial charge in [0.25, 0.3) is 0 Å². The zero-order valence-electron chi connectivity index (χ0n) is 17.8. The highest BCUT2D eigenvalue weighted by Crippen LogP contribution is 2.33. The second-order valence-corrected chi connectivity index (χ2v) is 7.74. The van der Waals surface area contributed by atoms with Gasteiger partial charge in [-0.15, -0.1) is 0 Å². The summed E-state index contributed by atoms with van der Waals surface area (Å²) < 4.78 is 5.50. The standard InChI is InChI=1S/C22H29N7O/c1-14-10-21(24-2)28-22(26-14)27-16-4-7-20(30-3)19(11-16)25-12-15-13-29(17-5-6-17)9-8-18(15)23/h4,7,10-12,17H,5-6,8-9,13,23H2,1-3H3,(H2,24,26,27,28). The van der Waals surface area contributed by atoms with Gasteiger partial charge in [-0.3, -0.25) is 9.89 Å². The van der Waals surface area contributed by atoms with E-state index in [2.05, 4.69) is 25.5 Å². The van der Waals surface area contributed by atoms with Crippen molar-refractivity contribution >= 4 is 29.4 Å². The number of nitrogens with zero attached hydrogens (tertiary/aromatic N) is 4. The van der Waals surface area contributed by atoms with Crippen LogP contribution < -0.4 is 21.1 Å². The summed E-state index contributed by atoms with van der Waals surface area (Å²) in [7, 11) is 3.48. The first-order valence-corrected chi connectivity index (χ1v) is 10.3. The molecule has 0 radical (unpaired) electrons. The number of nitrogens with one attached hydrogen (secondary N) is 2. The average Bonchev–Trinajstić information content (AvgIpc) is 3.58. The lowest BCUT2D eigenvalue weighted by molar-refractivity contribution is 0.279. The molecular weight excluding hydrogens is 378 g/mol. The van der Waals surface area contributed by atoms with Gasteiger partial charge in [-0.1, -0.05) is 0 Å². The molecule has 1 aromatic carbocycles. The molecule has 0 amide bonds. The lowest BCUT2D eigenvalue weighted by Crippen LogP contribution is -2.35. The average molecular weight is 408 g/mol. The smallest absolute Gasteiger partial charge is 0.229 e. The highest BCUT2D eigenvalue weighted by molar-refractivity contribution is 5.84. The van der Waals surface area contributed by atoms with Gasteiger partial charge in [0, 0.05) is 67.5 Å². The third-order valence-corrected chi connectivity index (χ3v) is 5.42. The zero-order chi connectivity index (χ0) is 21.1. The van der Waals surface area contributed by atoms with Crippen molar-refractivity contribution in [2.24, 2.45) is 10.7 Å². The molecule has 158 valence electrons. The van der Waals surface area contributed by atoms with Gasteiger partial charge < -0.3 is 21.1 Å². The number of ether oxygens (including phenoxy) is 1. The van der Waals surface area contributed by atoms with Crippen LogP contribution in [0.4, 0.5) is 23.1 Å². The molecule has 0 saturated heterocycles. The molecule has 1 saturated carbocycles. The Kier molecular flexibility index (Phi) is 5.85. The Hall–Kier alpha value is -3.13. The van der Waals surface area contributed by atoms with Gasteiger partial charge in [-0.2, -0.15) is 4.98 Å². The minimum atomic E-state index is 0.527. The summed E-state index contributed by atoms with van der Waals surface area (Å²) in [5.41, 5.74) is 10.7. The van der Waals surface area contributed by atoms with E-state index >= 15 is 0 Å². The molecule has 0 unspecified atom stereocenters. The number of anilines is 3. The molecule has 1 aromatic heterocycles. The third-order valence-electron chi connectivity index (χ3n) is 5.42. The van der Waals surface area contributed by atoms with Gasteiger partial charge in [0.1, 0.15) is 17.3 Å². The summed E-state index contributed by atoms with van der Waals surface area (Å²) in [6.45, 7) is 3.84. The van der Waals surface area contributed by atoms with Crippen molar-refractivity contribution in [2.45, 2.75) is 32.2 Å². The molecule has 2 aromatic rings. The Balaban J connectivity index is 1.55. The number of rotatable bonds is 7. The summed E-state index contributed by atoms with van der Waals surface area (Å²) in [5.74, 6) is 1.99. The maximum absolute atomic E-state index is 6.27. The molecule has 1 aliphatic carbocycles. The van der Waals surface area contributed by atoms with E-state index in [4.69, 9.17) is 15.5 Å². The second kappa shape index (κ2) is 8.71. The topological polar surface area (TPSA) is 101 Å². The van der Waals surface area contributed by atoms with E-state index in [0.717, 1.165) is 59.7 Å². The number of hydrogen-bond donors (Lipinski definition) is 3. The fraction of sp³-hybridized carbons (Fsp3) is 0.409. The number of aliphatic imine (C=N–C) groups is 1. The number of hydrogen-bond acceptors (Lipinski definition) is 8. The van der Waals surface area contributed by atoms with Crippen LogP contribution in [0.2, 0.25) is 0 Å². The van der Waals surface area contributed by atoms with E-state index in [1.54, 1.807) is 7.11 Å². The van der Waals surface area contributed by atoms with Crippen molar-refractivity contribution in [1.29, 1.82) is 0 Å². The number of aryl methyl sites for hydroxylation is 1. The highest BCUT2D eigenvalue weighted by atomic mass is 16.5. The van der Waals surface area contributed by atoms with E-state index in [1.807, 2.05) is 44.5 Å². The molecule has 2 heterocycles. The minimum absolute atomic E-state index is 0.527. The Bertz CT molecular complexity index is 981. The summed E-state index contributed by atoms with van der Waals surface area (Å²) in [6.07, 6.45) is 5.37. The van der Waals surface area contributed by atoms with E-state index in [-0.39, 0.29) is 0 Å². The lowest BCUT2D eigenvalue weighted by Gasteiger charge is -2.28. The van der Waals surface area contributed by atoms with Crippen LogP contribution in [0.3, 0.4) is 0 Å². The van der Waals surface area contributed by atoms with Crippen LogP contribution in [0.5, 0.6) is 5.75 Å². The summed E-state index contributed by atoms with van der Waals surface area (Å²) in [6, 6.07) is 8.35. The van der Waals surface area contributed by atoms with Crippen molar-refractivity contribution in [3.05, 3.63) is 41.2 Å². The largest absolute Gasteiger partial charge is 0.494 e. The predicted molar refractivity (Wildman–Crippen MR) is 121 cm³/mol. The SMILES string of the molecule is CNc1cc(C)nc(Nc2ccc(OC)c(N=CC3=C(N)CCN(C4CC4)C3)c2)n1. The predicted octanol–water partition coefficient (Wildman–Crippen LogP) is 3.36. The fourth-order valence-corrected chi connectivity index (χ4v) is 3.60. The van der Waals surface area contributed by atoms with Gasteiger partial charge in [-0.25, -0.2) is 4.98 Å². The van der Waals surface area contributed by atoms with Gasteiger partial charge in [0.05, 0.1) is 7.11 Å². The first kappa shape index (κ1) is 20.2. The number of aromatic nitrogens is 2. The quantitative estimate of drug-likeness (QED) is 0.605. The lowest BCUT2D eigenvalue weighted by atomic mass is 10.1. The number of methoxy groups -OCH3 is 1. The monoisotopic (exact) mass is 407 g/mol. The van der Waals surface area contributed by atoms with Crippen LogP contribution in [0, 0.1) is 6.92 Å². The van der Waals surface area contributed by atoms with Gasteiger partial charge >= 0.3 is 0 Å². The van der Waals surface area contributed by atoms with Crippen LogP contribution in [0.1, 0.15) is 25.0 Å². The van der Waals surface area contributed by atoms with Crippen molar-refractivity contribution in [1.82, 2.24) is 14.9 Å². The summed E-state index contributed by atoms with van der Waals surface area (Å²) >= 11 is 0. The maximum atomic E-state index is 6.27. The van der Waals surface area contributed by atoms with Crippen LogP contribution >= 0.6 is 0 Å². The first-order chi connectivity index (χ1) is 14.6. The molecule has 0 bridgehead atoms. The van der Waals surface area contributed by atoms with Crippen LogP contribution in [0.25, 0.3) is 0 Å².